The van der Waals surface area contributed by atoms with E-state index in [-0.39, 0.29) is 5.97 Å². The van der Waals surface area contributed by atoms with Crippen molar-refractivity contribution in [2.24, 2.45) is 0 Å². The fourth-order valence-electron chi connectivity index (χ4n) is 0. The quantitative estimate of drug-likeness (QED) is 0.559. The normalized spacial score (nSPS) is 7.00. The second-order valence-corrected chi connectivity index (χ2v) is 2.46. The molecule has 5 heteroatoms. The maximum absolute atomic E-state index is 9.59. The Hall–Kier alpha value is 0.556. The van der Waals surface area contributed by atoms with E-state index in [2.05, 4.69) is 4.74 Å². The number of methoxy groups -OCH3 is 1. The Morgan fingerprint density at radius 2 is 1.75 bits per heavy atom. The molecule has 0 saturated heterocycles. The number of halogens is 2. The SMILES string of the molecule is COC(C)=O.[Cl][Co][Cl]. The molecule has 2 nitrogen and oxygen atoms in total. The Morgan fingerprint density at radius 1 is 1.62 bits per heavy atom. The third-order valence-corrected chi connectivity index (χ3v) is 0.287. The van der Waals surface area contributed by atoms with Crippen LogP contribution in [-0.2, 0) is 22.4 Å². The van der Waals surface area contributed by atoms with Gasteiger partial charge in [0, 0.05) is 6.92 Å². The molecular weight excluding hydrogens is 198 g/mol. The van der Waals surface area contributed by atoms with Gasteiger partial charge in [0.05, 0.1) is 7.11 Å². The predicted octanol–water partition coefficient (Wildman–Crippen LogP) is 1.56. The first-order valence-corrected chi connectivity index (χ1v) is 4.43. The molecule has 0 aliphatic rings. The molecule has 0 saturated carbocycles. The topological polar surface area (TPSA) is 26.3 Å². The minimum absolute atomic E-state index is 0.245. The van der Waals surface area contributed by atoms with Gasteiger partial charge in [-0.1, -0.05) is 0 Å². The monoisotopic (exact) mass is 203 g/mol. The fourth-order valence-corrected chi connectivity index (χ4v) is 0. The van der Waals surface area contributed by atoms with E-state index >= 15 is 0 Å². The van der Waals surface area contributed by atoms with Crippen LogP contribution in [0, 0.1) is 0 Å². The van der Waals surface area contributed by atoms with Crippen LogP contribution in [0.3, 0.4) is 0 Å². The number of esters is 1. The number of rotatable bonds is 0. The Bertz CT molecular complexity index is 59.2. The first-order chi connectivity index (χ1) is 3.68. The van der Waals surface area contributed by atoms with Crippen molar-refractivity contribution in [2.75, 3.05) is 7.11 Å². The molecule has 0 aromatic heterocycles. The first-order valence-electron chi connectivity index (χ1n) is 1.57. The van der Waals surface area contributed by atoms with E-state index in [1.54, 1.807) is 0 Å². The van der Waals surface area contributed by atoms with Gasteiger partial charge in [0.15, 0.2) is 0 Å². The van der Waals surface area contributed by atoms with Crippen LogP contribution in [0.25, 0.3) is 0 Å². The van der Waals surface area contributed by atoms with Crippen LogP contribution in [0.5, 0.6) is 0 Å². The van der Waals surface area contributed by atoms with Crippen molar-refractivity contribution in [2.45, 2.75) is 6.92 Å². The van der Waals surface area contributed by atoms with Gasteiger partial charge in [-0.05, 0) is 0 Å². The molecule has 0 aliphatic heterocycles. The zero-order valence-electron chi connectivity index (χ0n) is 4.41. The number of carbonyl (C=O) groups excluding carboxylic acids is 1. The van der Waals surface area contributed by atoms with Gasteiger partial charge < -0.3 is 4.74 Å². The molecule has 0 unspecified atom stereocenters. The molecule has 0 rings (SSSR count). The van der Waals surface area contributed by atoms with Crippen molar-refractivity contribution in [3.63, 3.8) is 0 Å². The summed E-state index contributed by atoms with van der Waals surface area (Å²) in [6, 6.07) is 0. The number of hydrogen-bond acceptors (Lipinski definition) is 2. The van der Waals surface area contributed by atoms with Crippen LogP contribution in [0.15, 0.2) is 0 Å². The third-order valence-electron chi connectivity index (χ3n) is 0.287. The second kappa shape index (κ2) is 10.5. The van der Waals surface area contributed by atoms with Crippen LogP contribution < -0.4 is 0 Å². The summed E-state index contributed by atoms with van der Waals surface area (Å²) in [4.78, 5) is 9.59. The van der Waals surface area contributed by atoms with Crippen LogP contribution in [0.4, 0.5) is 0 Å². The number of carbonyl (C=O) groups is 1. The van der Waals surface area contributed by atoms with Crippen molar-refractivity contribution >= 4 is 26.3 Å². The van der Waals surface area contributed by atoms with Crippen LogP contribution in [-0.4, -0.2) is 13.1 Å². The van der Waals surface area contributed by atoms with Crippen LogP contribution in [0.1, 0.15) is 6.92 Å². The van der Waals surface area contributed by atoms with Crippen LogP contribution >= 0.6 is 20.3 Å². The van der Waals surface area contributed by atoms with Crippen molar-refractivity contribution in [3.05, 3.63) is 0 Å². The molecule has 53 valence electrons. The van der Waals surface area contributed by atoms with E-state index in [0.717, 1.165) is 0 Å². The molecular formula is C3H6Cl2CoO2. The first kappa shape index (κ1) is 11.4. The summed E-state index contributed by atoms with van der Waals surface area (Å²) < 4.78 is 4.11. The molecule has 8 heavy (non-hydrogen) atoms. The Morgan fingerprint density at radius 3 is 1.75 bits per heavy atom. The molecule has 0 aromatic carbocycles. The third kappa shape index (κ3) is 31.0. The Balaban J connectivity index is 0. The summed E-state index contributed by atoms with van der Waals surface area (Å²) in [5.74, 6) is -0.245. The van der Waals surface area contributed by atoms with Crippen molar-refractivity contribution in [1.82, 2.24) is 0 Å². The van der Waals surface area contributed by atoms with E-state index in [9.17, 15) is 4.79 Å². The van der Waals surface area contributed by atoms with Gasteiger partial charge in [0.1, 0.15) is 0 Å². The van der Waals surface area contributed by atoms with Gasteiger partial charge in [-0.15, -0.1) is 0 Å². The molecule has 0 bridgehead atoms. The summed E-state index contributed by atoms with van der Waals surface area (Å²) in [6.45, 7) is 1.36. The summed E-state index contributed by atoms with van der Waals surface area (Å²) >= 11 is 0.382. The average molecular weight is 204 g/mol. The molecule has 0 fully saturated rings. The van der Waals surface area contributed by atoms with Gasteiger partial charge in [0.2, 0.25) is 0 Å². The van der Waals surface area contributed by atoms with E-state index in [1.807, 2.05) is 0 Å². The van der Waals surface area contributed by atoms with Crippen molar-refractivity contribution in [1.29, 1.82) is 0 Å². The fraction of sp³-hybridized carbons (Fsp3) is 0.667. The van der Waals surface area contributed by atoms with E-state index in [0.29, 0.717) is 12.9 Å². The second-order valence-electron chi connectivity index (χ2n) is 0.743. The molecule has 0 radical (unpaired) electrons. The van der Waals surface area contributed by atoms with Crippen LogP contribution in [0.2, 0.25) is 0 Å². The molecule has 0 atom stereocenters. The molecule has 0 amide bonds. The molecule has 0 heterocycles. The Labute approximate surface area is 63.0 Å². The minimum atomic E-state index is -0.245. The van der Waals surface area contributed by atoms with Gasteiger partial charge in [0.25, 0.3) is 0 Å². The number of ether oxygens (including phenoxy) is 1. The average Bonchev–Trinajstić information content (AvgIpc) is 1.69. The Kier molecular flexibility index (Phi) is 14.9. The molecule has 0 spiro atoms. The molecule has 0 aliphatic carbocycles. The zero-order chi connectivity index (χ0) is 6.99. The number of hydrogen-bond donors (Lipinski definition) is 0. The van der Waals surface area contributed by atoms with Gasteiger partial charge in [-0.3, -0.25) is 4.79 Å². The van der Waals surface area contributed by atoms with Crippen molar-refractivity contribution in [3.8, 4) is 0 Å². The predicted molar refractivity (Wildman–Crippen MR) is 29.4 cm³/mol. The van der Waals surface area contributed by atoms with E-state index < -0.39 is 0 Å². The van der Waals surface area contributed by atoms with Gasteiger partial charge in [-0.2, -0.15) is 0 Å². The summed E-state index contributed by atoms with van der Waals surface area (Å²) in [5.41, 5.74) is 0. The van der Waals surface area contributed by atoms with E-state index in [4.69, 9.17) is 20.3 Å². The standard InChI is InChI=1S/C3H6O2.2ClH.Co/c1-3(4)5-2;;;/h1-2H3;2*1H;/q;;;+2/p-2. The summed E-state index contributed by atoms with van der Waals surface area (Å²) in [5, 5.41) is 0. The van der Waals surface area contributed by atoms with Gasteiger partial charge >= 0.3 is 39.2 Å². The molecule has 0 N–H and O–H groups in total. The zero-order valence-corrected chi connectivity index (χ0v) is 6.96. The molecule has 0 aromatic rings. The van der Waals surface area contributed by atoms with E-state index in [1.165, 1.54) is 14.0 Å². The van der Waals surface area contributed by atoms with Gasteiger partial charge in [-0.25, -0.2) is 0 Å². The van der Waals surface area contributed by atoms with Crippen molar-refractivity contribution < 1.29 is 22.4 Å². The summed E-state index contributed by atoms with van der Waals surface area (Å²) in [6.07, 6.45) is 0. The maximum atomic E-state index is 9.59. The summed E-state index contributed by atoms with van der Waals surface area (Å²) in [7, 11) is 10.8.